The molecule has 0 aromatic rings. The Bertz CT molecular complexity index is 217. The molecular weight excluding hydrogens is 370 g/mol. The van der Waals surface area contributed by atoms with E-state index in [1.54, 1.807) is 0 Å². The van der Waals surface area contributed by atoms with Gasteiger partial charge in [0.1, 0.15) is 0 Å². The second-order valence-corrected chi connectivity index (χ2v) is 12.8. The number of hydrogen-bond donors (Lipinski definition) is 0. The first-order valence-electron chi connectivity index (χ1n) is 5.40. The lowest BCUT2D eigenvalue weighted by molar-refractivity contribution is -0.210. The third-order valence-corrected chi connectivity index (χ3v) is 7.38. The van der Waals surface area contributed by atoms with Gasteiger partial charge in [-0.15, -0.1) is 46.4 Å². The Morgan fingerprint density at radius 2 is 1.00 bits per heavy atom. The maximum atomic E-state index is 13.3. The van der Waals surface area contributed by atoms with Gasteiger partial charge in [0.25, 0.3) is 0 Å². The highest BCUT2D eigenvalue weighted by atomic mass is 35.5. The molecule has 0 saturated heterocycles. The van der Waals surface area contributed by atoms with Crippen LogP contribution < -0.4 is 0 Å². The Morgan fingerprint density at radius 1 is 0.722 bits per heavy atom. The molecule has 0 aromatic carbocycles. The molecule has 0 spiro atoms. The summed E-state index contributed by atoms with van der Waals surface area (Å²) in [5.41, 5.74) is 0. The maximum Gasteiger partial charge on any atom is 0.309 e. The van der Waals surface area contributed by atoms with E-state index >= 15 is 0 Å². The van der Waals surface area contributed by atoms with Crippen molar-refractivity contribution in [1.29, 1.82) is 0 Å². The second-order valence-electron chi connectivity index (χ2n) is 3.98. The van der Waals surface area contributed by atoms with Gasteiger partial charge in [-0.2, -0.15) is 17.6 Å². The van der Waals surface area contributed by atoms with Gasteiger partial charge in [-0.25, -0.2) is 0 Å². The zero-order chi connectivity index (χ0) is 14.4. The standard InChI is InChI=1S/C8H14Cl4F4Si2/c9-5(10)17-3-1-7(13,14)8(15,16)2-4-18-6(11)12/h5-6H,1-4,17-18H2. The lowest BCUT2D eigenvalue weighted by Crippen LogP contribution is -2.41. The highest BCUT2D eigenvalue weighted by molar-refractivity contribution is 6.69. The fourth-order valence-corrected chi connectivity index (χ4v) is 5.09. The predicted octanol–water partition coefficient (Wildman–Crippen LogP) is 3.73. The van der Waals surface area contributed by atoms with Crippen LogP contribution >= 0.6 is 46.4 Å². The molecule has 0 bridgehead atoms. The molecule has 0 aromatic heterocycles. The molecule has 0 saturated carbocycles. The summed E-state index contributed by atoms with van der Waals surface area (Å²) in [4.78, 5) is 0. The topological polar surface area (TPSA) is 0 Å². The molecule has 0 aliphatic heterocycles. The molecule has 0 radical (unpaired) electrons. The van der Waals surface area contributed by atoms with Crippen LogP contribution in [0, 0.1) is 0 Å². The van der Waals surface area contributed by atoms with Crippen molar-refractivity contribution < 1.29 is 17.6 Å². The first-order valence-corrected chi connectivity index (χ1v) is 10.8. The number of rotatable bonds is 9. The molecule has 0 atom stereocenters. The summed E-state index contributed by atoms with van der Waals surface area (Å²) in [7, 11) is -2.28. The highest BCUT2D eigenvalue weighted by Crippen LogP contribution is 2.41. The molecule has 110 valence electrons. The van der Waals surface area contributed by atoms with Gasteiger partial charge < -0.3 is 0 Å². The van der Waals surface area contributed by atoms with E-state index in [0.29, 0.717) is 0 Å². The maximum absolute atomic E-state index is 13.3. The summed E-state index contributed by atoms with van der Waals surface area (Å²) in [6.45, 7) is 0. The van der Waals surface area contributed by atoms with Crippen molar-refractivity contribution in [2.24, 2.45) is 0 Å². The van der Waals surface area contributed by atoms with E-state index in [2.05, 4.69) is 0 Å². The number of hydrogen-bond acceptors (Lipinski definition) is 0. The van der Waals surface area contributed by atoms with Crippen LogP contribution in [0.2, 0.25) is 12.1 Å². The SMILES string of the molecule is FC(F)(CC[SiH2]C(Cl)Cl)C(F)(F)CC[SiH2]C(Cl)Cl. The van der Waals surface area contributed by atoms with Crippen LogP contribution in [0.15, 0.2) is 0 Å². The monoisotopic (exact) mass is 382 g/mol. The lowest BCUT2D eigenvalue weighted by Gasteiger charge is -2.26. The van der Waals surface area contributed by atoms with Crippen molar-refractivity contribution in [3.63, 3.8) is 0 Å². The third-order valence-electron chi connectivity index (χ3n) is 2.36. The van der Waals surface area contributed by atoms with Crippen LogP contribution in [0.1, 0.15) is 12.8 Å². The first-order chi connectivity index (χ1) is 8.08. The van der Waals surface area contributed by atoms with Crippen molar-refractivity contribution in [3.8, 4) is 0 Å². The van der Waals surface area contributed by atoms with Crippen LogP contribution in [0.5, 0.6) is 0 Å². The Kier molecular flexibility index (Phi) is 9.19. The lowest BCUT2D eigenvalue weighted by atomic mass is 10.1. The van der Waals surface area contributed by atoms with Gasteiger partial charge in [0, 0.05) is 12.8 Å². The van der Waals surface area contributed by atoms with Crippen LogP contribution in [0.3, 0.4) is 0 Å². The van der Waals surface area contributed by atoms with E-state index in [1.807, 2.05) is 0 Å². The summed E-state index contributed by atoms with van der Waals surface area (Å²) in [6.07, 6.45) is -1.73. The van der Waals surface area contributed by atoms with Gasteiger partial charge in [-0.3, -0.25) is 0 Å². The number of alkyl halides is 8. The quantitative estimate of drug-likeness (QED) is 0.323. The van der Waals surface area contributed by atoms with Crippen molar-refractivity contribution >= 4 is 65.4 Å². The van der Waals surface area contributed by atoms with Crippen molar-refractivity contribution in [1.82, 2.24) is 0 Å². The van der Waals surface area contributed by atoms with Gasteiger partial charge in [-0.05, 0) is 0 Å². The molecule has 0 heterocycles. The molecule has 0 aliphatic carbocycles. The van der Waals surface area contributed by atoms with Gasteiger partial charge in [0.05, 0.1) is 28.0 Å². The second kappa shape index (κ2) is 8.57. The van der Waals surface area contributed by atoms with Crippen LogP contribution in [0.4, 0.5) is 17.6 Å². The Balaban J connectivity index is 4.18. The summed E-state index contributed by atoms with van der Waals surface area (Å²) >= 11 is 21.6. The molecule has 18 heavy (non-hydrogen) atoms. The average molecular weight is 384 g/mol. The van der Waals surface area contributed by atoms with Gasteiger partial charge >= 0.3 is 11.8 Å². The Morgan fingerprint density at radius 3 is 1.22 bits per heavy atom. The molecule has 0 aliphatic rings. The fraction of sp³-hybridized carbons (Fsp3) is 1.00. The van der Waals surface area contributed by atoms with E-state index in [4.69, 9.17) is 46.4 Å². The largest absolute Gasteiger partial charge is 0.309 e. The minimum absolute atomic E-state index is 0.00861. The molecule has 0 nitrogen and oxygen atoms in total. The van der Waals surface area contributed by atoms with Crippen molar-refractivity contribution in [2.45, 2.75) is 45.7 Å². The van der Waals surface area contributed by atoms with E-state index in [0.717, 1.165) is 0 Å². The van der Waals surface area contributed by atoms with Gasteiger partial charge in [0.15, 0.2) is 0 Å². The van der Waals surface area contributed by atoms with E-state index < -0.39 is 52.6 Å². The third kappa shape index (κ3) is 7.79. The first kappa shape index (κ1) is 19.3. The molecule has 0 amide bonds. The summed E-state index contributed by atoms with van der Waals surface area (Å²) in [6, 6.07) is -0.0172. The minimum Gasteiger partial charge on any atom is -0.200 e. The summed E-state index contributed by atoms with van der Waals surface area (Å²) < 4.78 is 51.9. The van der Waals surface area contributed by atoms with Gasteiger partial charge in [-0.1, -0.05) is 12.1 Å². The van der Waals surface area contributed by atoms with E-state index in [9.17, 15) is 17.6 Å². The summed E-state index contributed by atoms with van der Waals surface area (Å²) in [5.74, 6) is -8.02. The Labute approximate surface area is 128 Å². The van der Waals surface area contributed by atoms with Crippen molar-refractivity contribution in [2.75, 3.05) is 0 Å². The Hall–Kier alpha value is 1.31. The zero-order valence-corrected chi connectivity index (χ0v) is 15.3. The van der Waals surface area contributed by atoms with Crippen LogP contribution in [-0.2, 0) is 0 Å². The molecule has 0 fully saturated rings. The normalized spacial score (nSPS) is 15.0. The van der Waals surface area contributed by atoms with Gasteiger partial charge in [0.2, 0.25) is 0 Å². The van der Waals surface area contributed by atoms with E-state index in [-0.39, 0.29) is 12.1 Å². The van der Waals surface area contributed by atoms with Crippen LogP contribution in [-0.4, -0.2) is 39.8 Å². The van der Waals surface area contributed by atoms with E-state index in [1.165, 1.54) is 0 Å². The minimum atomic E-state index is -4.01. The molecule has 10 heteroatoms. The number of halogens is 8. The fourth-order valence-electron chi connectivity index (χ4n) is 1.32. The average Bonchev–Trinajstić information content (AvgIpc) is 2.15. The summed E-state index contributed by atoms with van der Waals surface area (Å²) in [5, 5.41) is 0. The molecule has 0 N–H and O–H groups in total. The zero-order valence-electron chi connectivity index (χ0n) is 9.42. The predicted molar refractivity (Wildman–Crippen MR) is 76.8 cm³/mol. The van der Waals surface area contributed by atoms with Crippen LogP contribution in [0.25, 0.3) is 0 Å². The molecular formula is C8H14Cl4F4Si2. The molecule has 0 unspecified atom stereocenters. The van der Waals surface area contributed by atoms with Crippen molar-refractivity contribution in [3.05, 3.63) is 0 Å². The highest BCUT2D eigenvalue weighted by Gasteiger charge is 2.54. The smallest absolute Gasteiger partial charge is 0.200 e. The molecule has 0 rings (SSSR count).